The molecule has 0 saturated heterocycles. The van der Waals surface area contributed by atoms with Crippen LogP contribution >= 0.6 is 0 Å². The van der Waals surface area contributed by atoms with Crippen LogP contribution in [0.25, 0.3) is 0 Å². The number of amides is 2. The van der Waals surface area contributed by atoms with Crippen LogP contribution < -0.4 is 9.62 Å². The molecular formula is C21H26N4O6S. The molecule has 1 N–H and O–H groups in total. The monoisotopic (exact) mass is 462 g/mol. The van der Waals surface area contributed by atoms with Crippen LogP contribution in [0.15, 0.2) is 54.6 Å². The average molecular weight is 463 g/mol. The van der Waals surface area contributed by atoms with Crippen LogP contribution in [0.4, 0.5) is 11.4 Å². The summed E-state index contributed by atoms with van der Waals surface area (Å²) < 4.78 is 25.6. The van der Waals surface area contributed by atoms with E-state index in [1.807, 2.05) is 30.3 Å². The maximum Gasteiger partial charge on any atom is 0.271 e. The van der Waals surface area contributed by atoms with Gasteiger partial charge in [-0.2, -0.15) is 0 Å². The maximum absolute atomic E-state index is 13.2. The van der Waals surface area contributed by atoms with E-state index < -0.39 is 39.3 Å². The van der Waals surface area contributed by atoms with Gasteiger partial charge in [0.1, 0.15) is 12.6 Å². The van der Waals surface area contributed by atoms with Crippen molar-refractivity contribution in [3.8, 4) is 0 Å². The predicted octanol–water partition coefficient (Wildman–Crippen LogP) is 1.57. The number of anilines is 1. The van der Waals surface area contributed by atoms with Gasteiger partial charge in [-0.3, -0.25) is 24.0 Å². The number of rotatable bonds is 10. The molecule has 2 amide bonds. The van der Waals surface area contributed by atoms with Crippen LogP contribution in [-0.2, 0) is 26.0 Å². The highest BCUT2D eigenvalue weighted by Crippen LogP contribution is 2.23. The highest BCUT2D eigenvalue weighted by atomic mass is 32.2. The Bertz CT molecular complexity index is 1070. The summed E-state index contributed by atoms with van der Waals surface area (Å²) in [5, 5.41) is 13.6. The van der Waals surface area contributed by atoms with Gasteiger partial charge in [0.15, 0.2) is 0 Å². The summed E-state index contributed by atoms with van der Waals surface area (Å²) in [6.07, 6.45) is 1.37. The fourth-order valence-corrected chi connectivity index (χ4v) is 4.00. The maximum atomic E-state index is 13.2. The van der Waals surface area contributed by atoms with Crippen LogP contribution in [0, 0.1) is 10.1 Å². The van der Waals surface area contributed by atoms with Crippen molar-refractivity contribution in [1.82, 2.24) is 10.2 Å². The summed E-state index contributed by atoms with van der Waals surface area (Å²) in [6, 6.07) is 13.5. The minimum Gasteiger partial charge on any atom is -0.357 e. The molecule has 1 unspecified atom stereocenters. The predicted molar refractivity (Wildman–Crippen MR) is 121 cm³/mol. The van der Waals surface area contributed by atoms with E-state index >= 15 is 0 Å². The number of sulfonamides is 1. The van der Waals surface area contributed by atoms with Gasteiger partial charge >= 0.3 is 0 Å². The zero-order valence-electron chi connectivity index (χ0n) is 18.1. The number of nitrogens with one attached hydrogen (secondary N) is 1. The van der Waals surface area contributed by atoms with E-state index in [4.69, 9.17) is 0 Å². The Morgan fingerprint density at radius 3 is 2.34 bits per heavy atom. The van der Waals surface area contributed by atoms with Crippen molar-refractivity contribution in [3.05, 3.63) is 70.3 Å². The molecule has 11 heteroatoms. The number of hydrogen-bond acceptors (Lipinski definition) is 6. The average Bonchev–Trinajstić information content (AvgIpc) is 2.76. The summed E-state index contributed by atoms with van der Waals surface area (Å²) in [6.45, 7) is 1.14. The van der Waals surface area contributed by atoms with E-state index in [1.54, 1.807) is 6.92 Å². The van der Waals surface area contributed by atoms with Gasteiger partial charge in [0, 0.05) is 25.7 Å². The Balaban J connectivity index is 2.33. The summed E-state index contributed by atoms with van der Waals surface area (Å²) >= 11 is 0. The third kappa shape index (κ3) is 6.51. The molecular weight excluding hydrogens is 436 g/mol. The number of nitro groups is 1. The van der Waals surface area contributed by atoms with Crippen molar-refractivity contribution >= 4 is 33.2 Å². The Hall–Kier alpha value is -3.47. The molecule has 0 saturated carbocycles. The molecule has 172 valence electrons. The van der Waals surface area contributed by atoms with Crippen molar-refractivity contribution in [2.75, 3.05) is 30.7 Å². The Morgan fingerprint density at radius 2 is 1.78 bits per heavy atom. The third-order valence-corrected chi connectivity index (χ3v) is 6.05. The van der Waals surface area contributed by atoms with E-state index in [-0.39, 0.29) is 17.9 Å². The molecule has 0 aliphatic heterocycles. The number of benzene rings is 2. The van der Waals surface area contributed by atoms with Crippen molar-refractivity contribution in [2.45, 2.75) is 19.4 Å². The fourth-order valence-electron chi connectivity index (χ4n) is 3.15. The summed E-state index contributed by atoms with van der Waals surface area (Å²) in [5.74, 6) is -0.998. The fraction of sp³-hybridized carbons (Fsp3) is 0.333. The molecule has 0 radical (unpaired) electrons. The second kappa shape index (κ2) is 10.7. The lowest BCUT2D eigenvalue weighted by Gasteiger charge is -2.31. The first-order chi connectivity index (χ1) is 15.0. The number of carbonyl (C=O) groups excluding carboxylic acids is 2. The molecule has 2 aromatic carbocycles. The lowest BCUT2D eigenvalue weighted by molar-refractivity contribution is -0.384. The Labute approximate surface area is 187 Å². The van der Waals surface area contributed by atoms with Crippen molar-refractivity contribution in [1.29, 1.82) is 0 Å². The number of carbonyl (C=O) groups is 2. The van der Waals surface area contributed by atoms with Crippen LogP contribution in [0.5, 0.6) is 0 Å². The molecule has 0 spiro atoms. The van der Waals surface area contributed by atoms with E-state index in [9.17, 15) is 28.1 Å². The van der Waals surface area contributed by atoms with Gasteiger partial charge < -0.3 is 10.2 Å². The van der Waals surface area contributed by atoms with Gasteiger partial charge in [-0.05, 0) is 25.0 Å². The highest BCUT2D eigenvalue weighted by molar-refractivity contribution is 7.92. The minimum atomic E-state index is -3.94. The van der Waals surface area contributed by atoms with Gasteiger partial charge in [-0.25, -0.2) is 8.42 Å². The summed E-state index contributed by atoms with van der Waals surface area (Å²) in [5.41, 5.74) is 0.641. The molecule has 32 heavy (non-hydrogen) atoms. The standard InChI is InChI=1S/C21H26N4O6S/c1-16(21(27)22-2)23(13-12-17-8-5-4-6-9-17)20(26)15-24(32(3,30)31)18-10-7-11-19(14-18)25(28)29/h4-11,14,16H,12-13,15H2,1-3H3,(H,22,27). The van der Waals surface area contributed by atoms with Gasteiger partial charge in [0.05, 0.1) is 16.9 Å². The molecule has 0 bridgehead atoms. The molecule has 1 atom stereocenters. The Kier molecular flexibility index (Phi) is 8.30. The first-order valence-corrected chi connectivity index (χ1v) is 11.7. The molecule has 0 heterocycles. The SMILES string of the molecule is CNC(=O)C(C)N(CCc1ccccc1)C(=O)CN(c1cccc([N+](=O)[O-])c1)S(C)(=O)=O. The molecule has 0 aliphatic rings. The largest absolute Gasteiger partial charge is 0.357 e. The lowest BCUT2D eigenvalue weighted by Crippen LogP contribution is -2.51. The van der Waals surface area contributed by atoms with Gasteiger partial charge in [-0.1, -0.05) is 36.4 Å². The first-order valence-electron chi connectivity index (χ1n) is 9.81. The molecule has 2 aromatic rings. The lowest BCUT2D eigenvalue weighted by atomic mass is 10.1. The van der Waals surface area contributed by atoms with Crippen LogP contribution in [0.2, 0.25) is 0 Å². The molecule has 0 aromatic heterocycles. The number of non-ortho nitro benzene ring substituents is 1. The van der Waals surface area contributed by atoms with Gasteiger partial charge in [0.25, 0.3) is 5.69 Å². The van der Waals surface area contributed by atoms with Crippen molar-refractivity contribution in [2.24, 2.45) is 0 Å². The number of nitrogens with zero attached hydrogens (tertiary/aromatic N) is 3. The van der Waals surface area contributed by atoms with Crippen LogP contribution in [-0.4, -0.2) is 62.5 Å². The van der Waals surface area contributed by atoms with Crippen molar-refractivity contribution < 1.29 is 22.9 Å². The van der Waals surface area contributed by atoms with E-state index in [1.165, 1.54) is 30.1 Å². The van der Waals surface area contributed by atoms with E-state index in [0.717, 1.165) is 22.2 Å². The highest BCUT2D eigenvalue weighted by Gasteiger charge is 2.29. The van der Waals surface area contributed by atoms with Crippen LogP contribution in [0.1, 0.15) is 12.5 Å². The normalized spacial score (nSPS) is 12.0. The number of likely N-dealkylation sites (N-methyl/N-ethyl adjacent to an activating group) is 1. The molecule has 0 fully saturated rings. The van der Waals surface area contributed by atoms with E-state index in [0.29, 0.717) is 6.42 Å². The number of hydrogen-bond donors (Lipinski definition) is 1. The zero-order chi connectivity index (χ0) is 23.9. The van der Waals surface area contributed by atoms with Crippen molar-refractivity contribution in [3.63, 3.8) is 0 Å². The summed E-state index contributed by atoms with van der Waals surface area (Å²) in [4.78, 5) is 37.2. The topological polar surface area (TPSA) is 130 Å². The molecule has 2 rings (SSSR count). The van der Waals surface area contributed by atoms with Gasteiger partial charge in [-0.15, -0.1) is 0 Å². The quantitative estimate of drug-likeness (QED) is 0.421. The zero-order valence-corrected chi connectivity index (χ0v) is 18.9. The molecule has 10 nitrogen and oxygen atoms in total. The minimum absolute atomic E-state index is 0.00865. The molecule has 0 aliphatic carbocycles. The first kappa shape index (κ1) is 24.8. The second-order valence-corrected chi connectivity index (χ2v) is 9.07. The van der Waals surface area contributed by atoms with Crippen LogP contribution in [0.3, 0.4) is 0 Å². The van der Waals surface area contributed by atoms with Gasteiger partial charge in [0.2, 0.25) is 21.8 Å². The third-order valence-electron chi connectivity index (χ3n) is 4.91. The summed E-state index contributed by atoms with van der Waals surface area (Å²) in [7, 11) is -2.50. The Morgan fingerprint density at radius 1 is 1.12 bits per heavy atom. The second-order valence-electron chi connectivity index (χ2n) is 7.16. The number of nitro benzene ring substituents is 1. The van der Waals surface area contributed by atoms with E-state index in [2.05, 4.69) is 5.32 Å². The smallest absolute Gasteiger partial charge is 0.271 e.